The highest BCUT2D eigenvalue weighted by Crippen LogP contribution is 1.96. The maximum atomic E-state index is 10.5. The molecule has 52 valence electrons. The predicted molar refractivity (Wildman–Crippen MR) is 39.6 cm³/mol. The molecule has 10 heavy (non-hydrogen) atoms. The maximum Gasteiger partial charge on any atom is 0.268 e. The Morgan fingerprint density at radius 1 is 1.80 bits per heavy atom. The lowest BCUT2D eigenvalue weighted by atomic mass is 10.4. The summed E-state index contributed by atoms with van der Waals surface area (Å²) in [5, 5.41) is -0.562. The number of halogens is 1. The van der Waals surface area contributed by atoms with Gasteiger partial charge in [-0.25, -0.2) is 4.98 Å². The van der Waals surface area contributed by atoms with E-state index in [-0.39, 0.29) is 10.5 Å². The quantitative estimate of drug-likeness (QED) is 0.519. The van der Waals surface area contributed by atoms with Crippen molar-refractivity contribution >= 4 is 29.1 Å². The molecule has 0 saturated carbocycles. The van der Waals surface area contributed by atoms with Gasteiger partial charge < -0.3 is 4.98 Å². The monoisotopic (exact) mass is 174 g/mol. The van der Waals surface area contributed by atoms with Crippen molar-refractivity contribution in [1.29, 1.82) is 0 Å². The lowest BCUT2D eigenvalue weighted by molar-refractivity contribution is 0.107. The summed E-state index contributed by atoms with van der Waals surface area (Å²) in [7, 11) is 0. The molecule has 0 fully saturated rings. The van der Waals surface area contributed by atoms with Crippen molar-refractivity contribution < 1.29 is 4.79 Å². The second-order valence-corrected chi connectivity index (χ2v) is 2.29. The van der Waals surface area contributed by atoms with E-state index in [4.69, 9.17) is 11.6 Å². The largest absolute Gasteiger partial charge is 0.327 e. The molecule has 0 aliphatic heterocycles. The first-order valence-electron chi connectivity index (χ1n) is 2.45. The number of carbonyl (C=O) groups excluding carboxylic acids is 1. The third-order valence-electron chi connectivity index (χ3n) is 0.886. The van der Waals surface area contributed by atoms with Gasteiger partial charge in [-0.2, -0.15) is 0 Å². The number of H-pyrrole nitrogens is 1. The molecular weight excluding hydrogens is 172 g/mol. The van der Waals surface area contributed by atoms with E-state index in [2.05, 4.69) is 22.2 Å². The molecule has 0 atom stereocenters. The standard InChI is InChI=1S/C5H3ClN2OS/c6-4(9)3-1-2-7-5(10)8-3/h1-2H,(H,7,8,10). The van der Waals surface area contributed by atoms with E-state index in [0.29, 0.717) is 0 Å². The van der Waals surface area contributed by atoms with Crippen LogP contribution in [0.25, 0.3) is 0 Å². The van der Waals surface area contributed by atoms with Gasteiger partial charge in [0.05, 0.1) is 0 Å². The number of hydrogen-bond acceptors (Lipinski definition) is 3. The number of nitrogens with one attached hydrogen (secondary N) is 1. The minimum Gasteiger partial charge on any atom is -0.327 e. The number of nitrogens with zero attached hydrogens (tertiary/aromatic N) is 1. The highest BCUT2D eigenvalue weighted by Gasteiger charge is 1.98. The van der Waals surface area contributed by atoms with E-state index in [1.54, 1.807) is 0 Å². The Balaban J connectivity index is 3.20. The van der Waals surface area contributed by atoms with Gasteiger partial charge in [0.2, 0.25) is 0 Å². The Bertz CT molecular complexity index is 309. The third-order valence-corrected chi connectivity index (χ3v) is 1.30. The zero-order valence-corrected chi connectivity index (χ0v) is 6.37. The zero-order valence-electron chi connectivity index (χ0n) is 4.80. The van der Waals surface area contributed by atoms with Crippen LogP contribution in [-0.4, -0.2) is 15.2 Å². The molecule has 0 saturated heterocycles. The molecule has 0 aliphatic carbocycles. The topological polar surface area (TPSA) is 45.8 Å². The summed E-state index contributed by atoms with van der Waals surface area (Å²) < 4.78 is 0.256. The minimum atomic E-state index is -0.562. The Morgan fingerprint density at radius 3 is 2.90 bits per heavy atom. The minimum absolute atomic E-state index is 0.256. The van der Waals surface area contributed by atoms with Crippen LogP contribution in [0.15, 0.2) is 12.3 Å². The van der Waals surface area contributed by atoms with E-state index in [1.807, 2.05) is 0 Å². The second-order valence-electron chi connectivity index (χ2n) is 1.56. The van der Waals surface area contributed by atoms with Gasteiger partial charge in [-0.15, -0.1) is 0 Å². The number of carbonyl (C=O) groups is 1. The van der Waals surface area contributed by atoms with Crippen LogP contribution in [0.5, 0.6) is 0 Å². The third kappa shape index (κ3) is 1.62. The number of hydrogen-bond donors (Lipinski definition) is 1. The van der Waals surface area contributed by atoms with Gasteiger partial charge in [-0.3, -0.25) is 4.79 Å². The van der Waals surface area contributed by atoms with Crippen LogP contribution >= 0.6 is 23.8 Å². The molecule has 0 unspecified atom stereocenters. The summed E-state index contributed by atoms with van der Waals surface area (Å²) in [6.45, 7) is 0. The van der Waals surface area contributed by atoms with Gasteiger partial charge in [0.15, 0.2) is 4.77 Å². The molecule has 0 amide bonds. The van der Waals surface area contributed by atoms with Crippen molar-refractivity contribution in [2.24, 2.45) is 0 Å². The Hall–Kier alpha value is -0.740. The van der Waals surface area contributed by atoms with E-state index < -0.39 is 5.24 Å². The average molecular weight is 175 g/mol. The smallest absolute Gasteiger partial charge is 0.268 e. The highest BCUT2D eigenvalue weighted by molar-refractivity contribution is 7.71. The van der Waals surface area contributed by atoms with Gasteiger partial charge in [0.1, 0.15) is 5.69 Å². The Morgan fingerprint density at radius 2 is 2.50 bits per heavy atom. The molecule has 1 heterocycles. The fourth-order valence-corrected chi connectivity index (χ4v) is 0.764. The summed E-state index contributed by atoms with van der Waals surface area (Å²) in [4.78, 5) is 16.7. The van der Waals surface area contributed by atoms with Gasteiger partial charge >= 0.3 is 0 Å². The van der Waals surface area contributed by atoms with Crippen LogP contribution in [0.1, 0.15) is 10.5 Å². The molecule has 3 nitrogen and oxygen atoms in total. The molecule has 0 bridgehead atoms. The van der Waals surface area contributed by atoms with Gasteiger partial charge in [0, 0.05) is 6.20 Å². The average Bonchev–Trinajstić information content (AvgIpc) is 1.88. The molecule has 5 heteroatoms. The Labute approximate surface area is 67.1 Å². The van der Waals surface area contributed by atoms with Crippen LogP contribution in [0.4, 0.5) is 0 Å². The predicted octanol–water partition coefficient (Wildman–Crippen LogP) is 1.52. The van der Waals surface area contributed by atoms with Gasteiger partial charge in [0.25, 0.3) is 5.24 Å². The summed E-state index contributed by atoms with van der Waals surface area (Å²) in [6.07, 6.45) is 1.43. The van der Waals surface area contributed by atoms with E-state index >= 15 is 0 Å². The van der Waals surface area contributed by atoms with Crippen molar-refractivity contribution in [3.8, 4) is 0 Å². The van der Waals surface area contributed by atoms with Crippen molar-refractivity contribution in [1.82, 2.24) is 9.97 Å². The summed E-state index contributed by atoms with van der Waals surface area (Å²) >= 11 is 9.77. The van der Waals surface area contributed by atoms with Crippen molar-refractivity contribution in [3.63, 3.8) is 0 Å². The van der Waals surface area contributed by atoms with Crippen LogP contribution in [0.3, 0.4) is 0 Å². The molecule has 1 aromatic rings. The van der Waals surface area contributed by atoms with Crippen LogP contribution in [-0.2, 0) is 0 Å². The SMILES string of the molecule is O=C(Cl)c1ccnc(=S)[nH]1. The molecule has 0 radical (unpaired) electrons. The fourth-order valence-electron chi connectivity index (χ4n) is 0.483. The zero-order chi connectivity index (χ0) is 7.56. The van der Waals surface area contributed by atoms with Crippen molar-refractivity contribution in [2.75, 3.05) is 0 Å². The first-order chi connectivity index (χ1) is 4.70. The van der Waals surface area contributed by atoms with Gasteiger partial charge in [-0.05, 0) is 29.9 Å². The first-order valence-corrected chi connectivity index (χ1v) is 3.24. The van der Waals surface area contributed by atoms with E-state index in [0.717, 1.165) is 0 Å². The lowest BCUT2D eigenvalue weighted by Crippen LogP contribution is -1.94. The van der Waals surface area contributed by atoms with Crippen LogP contribution in [0.2, 0.25) is 0 Å². The molecule has 0 aliphatic rings. The lowest BCUT2D eigenvalue weighted by Gasteiger charge is -1.89. The van der Waals surface area contributed by atoms with Crippen LogP contribution < -0.4 is 0 Å². The molecule has 1 N–H and O–H groups in total. The first kappa shape index (κ1) is 7.37. The molecule has 1 aromatic heterocycles. The Kier molecular flexibility index (Phi) is 2.13. The summed E-state index contributed by atoms with van der Waals surface area (Å²) in [5.74, 6) is 0. The maximum absolute atomic E-state index is 10.5. The second kappa shape index (κ2) is 2.90. The summed E-state index contributed by atoms with van der Waals surface area (Å²) in [5.41, 5.74) is 0.265. The molecule has 0 aromatic carbocycles. The number of aromatic nitrogens is 2. The van der Waals surface area contributed by atoms with Gasteiger partial charge in [-0.1, -0.05) is 0 Å². The number of rotatable bonds is 1. The van der Waals surface area contributed by atoms with E-state index in [9.17, 15) is 4.79 Å². The summed E-state index contributed by atoms with van der Waals surface area (Å²) in [6, 6.07) is 1.46. The molecular formula is C5H3ClN2OS. The van der Waals surface area contributed by atoms with Crippen molar-refractivity contribution in [3.05, 3.63) is 22.7 Å². The number of aromatic amines is 1. The van der Waals surface area contributed by atoms with Crippen LogP contribution in [0, 0.1) is 4.77 Å². The van der Waals surface area contributed by atoms with Crippen molar-refractivity contribution in [2.45, 2.75) is 0 Å². The molecule has 0 spiro atoms. The van der Waals surface area contributed by atoms with E-state index in [1.165, 1.54) is 12.3 Å². The fraction of sp³-hybridized carbons (Fsp3) is 0. The highest BCUT2D eigenvalue weighted by atomic mass is 35.5. The normalized spacial score (nSPS) is 9.30. The molecule has 1 rings (SSSR count).